The Labute approximate surface area is 154 Å². The van der Waals surface area contributed by atoms with E-state index in [4.69, 9.17) is 9.40 Å². The average molecular weight is 382 g/mol. The monoisotopic (exact) mass is 382 g/mol. The van der Waals surface area contributed by atoms with E-state index in [1.807, 2.05) is 11.0 Å². The summed E-state index contributed by atoms with van der Waals surface area (Å²) in [5, 5.41) is 6.57. The molecule has 0 bridgehead atoms. The minimum absolute atomic E-state index is 0.0119. The Morgan fingerprint density at radius 1 is 1.11 bits per heavy atom. The first-order valence-corrected chi connectivity index (χ1v) is 9.17. The topological polar surface area (TPSA) is 71.2 Å². The summed E-state index contributed by atoms with van der Waals surface area (Å²) < 4.78 is 42.4. The van der Waals surface area contributed by atoms with Crippen molar-refractivity contribution in [3.8, 4) is 0 Å². The molecule has 1 aliphatic carbocycles. The van der Waals surface area contributed by atoms with Gasteiger partial charge in [0.2, 0.25) is 5.89 Å². The number of aryl methyl sites for hydroxylation is 1. The van der Waals surface area contributed by atoms with Crippen LogP contribution in [-0.4, -0.2) is 51.2 Å². The molecule has 7 nitrogen and oxygen atoms in total. The third-order valence-corrected chi connectivity index (χ3v) is 4.85. The molecule has 27 heavy (non-hydrogen) atoms. The van der Waals surface area contributed by atoms with Crippen LogP contribution in [0.3, 0.4) is 0 Å². The van der Waals surface area contributed by atoms with Gasteiger partial charge in [-0.2, -0.15) is 13.2 Å². The molecule has 0 N–H and O–H groups in total. The van der Waals surface area contributed by atoms with Gasteiger partial charge in [-0.05, 0) is 19.3 Å². The Balaban J connectivity index is 1.37. The fraction of sp³-hybridized carbons (Fsp3) is 0.647. The zero-order chi connectivity index (χ0) is 19.0. The molecular weight excluding hydrogens is 361 g/mol. The van der Waals surface area contributed by atoms with E-state index in [0.717, 1.165) is 49.7 Å². The maximum atomic E-state index is 12.5. The number of hydrogen-bond donors (Lipinski definition) is 0. The van der Waals surface area contributed by atoms with Crippen molar-refractivity contribution in [1.29, 1.82) is 0 Å². The third-order valence-electron chi connectivity index (χ3n) is 4.85. The van der Waals surface area contributed by atoms with Gasteiger partial charge in [0.25, 0.3) is 0 Å². The predicted molar refractivity (Wildman–Crippen MR) is 90.2 cm³/mol. The van der Waals surface area contributed by atoms with Crippen LogP contribution in [0.1, 0.15) is 49.0 Å². The maximum Gasteiger partial charge on any atom is 0.470 e. The highest BCUT2D eigenvalue weighted by Gasteiger charge is 2.38. The smallest absolute Gasteiger partial charge is 0.416 e. The SMILES string of the molecule is CCc1cc(N2CCN(Cc3nnc(C(F)(F)F)o3)CC2)nc(C2CC2)n1. The van der Waals surface area contributed by atoms with Crippen molar-refractivity contribution < 1.29 is 17.6 Å². The molecule has 1 aliphatic heterocycles. The minimum Gasteiger partial charge on any atom is -0.416 e. The number of anilines is 1. The van der Waals surface area contributed by atoms with Gasteiger partial charge in [-0.1, -0.05) is 6.92 Å². The molecular formula is C17H21F3N6O. The molecule has 146 valence electrons. The van der Waals surface area contributed by atoms with Crippen molar-refractivity contribution >= 4 is 5.82 Å². The third kappa shape index (κ3) is 4.20. The molecule has 0 atom stereocenters. The lowest BCUT2D eigenvalue weighted by Crippen LogP contribution is -2.46. The molecule has 0 spiro atoms. The Bertz CT molecular complexity index is 796. The lowest BCUT2D eigenvalue weighted by molar-refractivity contribution is -0.157. The molecule has 0 amide bonds. The van der Waals surface area contributed by atoms with Crippen LogP contribution >= 0.6 is 0 Å². The number of halogens is 3. The lowest BCUT2D eigenvalue weighted by Gasteiger charge is -2.34. The highest BCUT2D eigenvalue weighted by atomic mass is 19.4. The number of alkyl halides is 3. The molecule has 1 saturated heterocycles. The molecule has 4 rings (SSSR count). The van der Waals surface area contributed by atoms with Gasteiger partial charge >= 0.3 is 12.1 Å². The van der Waals surface area contributed by atoms with Crippen LogP contribution in [0.15, 0.2) is 10.5 Å². The second-order valence-corrected chi connectivity index (χ2v) is 6.97. The summed E-state index contributed by atoms with van der Waals surface area (Å²) in [6.45, 7) is 5.16. The Hall–Kier alpha value is -2.23. The van der Waals surface area contributed by atoms with Crippen LogP contribution < -0.4 is 4.90 Å². The first kappa shape index (κ1) is 18.1. The number of rotatable bonds is 5. The molecule has 1 saturated carbocycles. The van der Waals surface area contributed by atoms with E-state index in [2.05, 4.69) is 27.0 Å². The van der Waals surface area contributed by atoms with Crippen molar-refractivity contribution in [2.24, 2.45) is 0 Å². The first-order chi connectivity index (χ1) is 12.9. The van der Waals surface area contributed by atoms with Gasteiger partial charge in [0, 0.05) is 43.9 Å². The van der Waals surface area contributed by atoms with E-state index in [-0.39, 0.29) is 12.4 Å². The van der Waals surface area contributed by atoms with E-state index < -0.39 is 12.1 Å². The van der Waals surface area contributed by atoms with Crippen LogP contribution in [0.4, 0.5) is 19.0 Å². The zero-order valence-electron chi connectivity index (χ0n) is 15.0. The van der Waals surface area contributed by atoms with Gasteiger partial charge < -0.3 is 9.32 Å². The number of hydrogen-bond acceptors (Lipinski definition) is 7. The van der Waals surface area contributed by atoms with Crippen LogP contribution in [0.5, 0.6) is 0 Å². The molecule has 2 aromatic heterocycles. The average Bonchev–Trinajstić information content (AvgIpc) is 3.40. The second kappa shape index (κ2) is 7.06. The van der Waals surface area contributed by atoms with Crippen LogP contribution in [0.25, 0.3) is 0 Å². The molecule has 0 radical (unpaired) electrons. The van der Waals surface area contributed by atoms with Crippen molar-refractivity contribution in [2.45, 2.75) is 44.8 Å². The lowest BCUT2D eigenvalue weighted by atomic mass is 10.2. The molecule has 2 aliphatic rings. The fourth-order valence-electron chi connectivity index (χ4n) is 3.13. The van der Waals surface area contributed by atoms with E-state index in [1.54, 1.807) is 0 Å². The summed E-state index contributed by atoms with van der Waals surface area (Å²) >= 11 is 0. The van der Waals surface area contributed by atoms with Crippen molar-refractivity contribution in [3.63, 3.8) is 0 Å². The molecule has 0 unspecified atom stereocenters. The molecule has 2 aromatic rings. The van der Waals surface area contributed by atoms with Crippen molar-refractivity contribution in [2.75, 3.05) is 31.1 Å². The fourth-order valence-corrected chi connectivity index (χ4v) is 3.13. The number of aromatic nitrogens is 4. The summed E-state index contributed by atoms with van der Waals surface area (Å²) in [5.41, 5.74) is 1.05. The summed E-state index contributed by atoms with van der Waals surface area (Å²) in [6, 6.07) is 2.04. The van der Waals surface area contributed by atoms with Gasteiger partial charge in [0.05, 0.1) is 6.54 Å². The predicted octanol–water partition coefficient (Wildman–Crippen LogP) is 2.64. The van der Waals surface area contributed by atoms with E-state index >= 15 is 0 Å². The zero-order valence-corrected chi connectivity index (χ0v) is 15.0. The number of piperazine rings is 1. The largest absolute Gasteiger partial charge is 0.470 e. The van der Waals surface area contributed by atoms with Crippen LogP contribution in [-0.2, 0) is 19.1 Å². The van der Waals surface area contributed by atoms with Gasteiger partial charge in [-0.15, -0.1) is 10.2 Å². The molecule has 10 heteroatoms. The summed E-state index contributed by atoms with van der Waals surface area (Å²) in [5.74, 6) is 1.08. The second-order valence-electron chi connectivity index (χ2n) is 6.97. The van der Waals surface area contributed by atoms with E-state index in [1.165, 1.54) is 0 Å². The first-order valence-electron chi connectivity index (χ1n) is 9.17. The summed E-state index contributed by atoms with van der Waals surface area (Å²) in [6.07, 6.45) is -1.42. The van der Waals surface area contributed by atoms with Gasteiger partial charge in [-0.3, -0.25) is 4.90 Å². The Kier molecular flexibility index (Phi) is 4.75. The number of nitrogens with zero attached hydrogens (tertiary/aromatic N) is 6. The molecule has 0 aromatic carbocycles. The highest BCUT2D eigenvalue weighted by molar-refractivity contribution is 5.41. The van der Waals surface area contributed by atoms with Crippen molar-refractivity contribution in [1.82, 2.24) is 25.1 Å². The van der Waals surface area contributed by atoms with Crippen molar-refractivity contribution in [3.05, 3.63) is 29.4 Å². The highest BCUT2D eigenvalue weighted by Crippen LogP contribution is 2.38. The van der Waals surface area contributed by atoms with E-state index in [9.17, 15) is 13.2 Å². The quantitative estimate of drug-likeness (QED) is 0.787. The summed E-state index contributed by atoms with van der Waals surface area (Å²) in [4.78, 5) is 13.6. The van der Waals surface area contributed by atoms with Gasteiger partial charge in [0.15, 0.2) is 0 Å². The normalized spacial score (nSPS) is 18.9. The molecule has 2 fully saturated rings. The molecule has 3 heterocycles. The Morgan fingerprint density at radius 3 is 2.44 bits per heavy atom. The van der Waals surface area contributed by atoms with Gasteiger partial charge in [0.1, 0.15) is 11.6 Å². The standard InChI is InChI=1S/C17H21F3N6O/c1-2-12-9-13(22-15(21-12)11-3-4-11)26-7-5-25(6-8-26)10-14-23-24-16(27-14)17(18,19)20/h9,11H,2-8,10H2,1H3. The van der Waals surface area contributed by atoms with Gasteiger partial charge in [-0.25, -0.2) is 9.97 Å². The van der Waals surface area contributed by atoms with E-state index in [0.29, 0.717) is 19.0 Å². The summed E-state index contributed by atoms with van der Waals surface area (Å²) in [7, 11) is 0. The maximum absolute atomic E-state index is 12.5. The Morgan fingerprint density at radius 2 is 1.85 bits per heavy atom. The minimum atomic E-state index is -4.60. The van der Waals surface area contributed by atoms with Crippen LogP contribution in [0, 0.1) is 0 Å². The van der Waals surface area contributed by atoms with Crippen LogP contribution in [0.2, 0.25) is 0 Å².